The third kappa shape index (κ3) is 2.75. The van der Waals surface area contributed by atoms with Gasteiger partial charge in [0.15, 0.2) is 4.90 Å². The van der Waals surface area contributed by atoms with Crippen molar-refractivity contribution < 1.29 is 0 Å². The van der Waals surface area contributed by atoms with Crippen LogP contribution in [0.1, 0.15) is 13.8 Å². The number of rotatable bonds is 4. The fraction of sp³-hybridized carbons (Fsp3) is 0.455. The van der Waals surface area contributed by atoms with Crippen molar-refractivity contribution in [3.63, 3.8) is 0 Å². The van der Waals surface area contributed by atoms with Gasteiger partial charge in [0.05, 0.1) is 0 Å². The molecule has 0 amide bonds. The van der Waals surface area contributed by atoms with Crippen LogP contribution >= 0.6 is 0 Å². The Morgan fingerprint density at radius 2 is 1.62 bits per heavy atom. The van der Waals surface area contributed by atoms with Crippen molar-refractivity contribution in [2.75, 3.05) is 19.3 Å². The van der Waals surface area contributed by atoms with E-state index in [1.807, 2.05) is 0 Å². The summed E-state index contributed by atoms with van der Waals surface area (Å²) in [5.74, 6) is 0. The average Bonchev–Trinajstić information content (AvgIpc) is 2.21. The van der Waals surface area contributed by atoms with E-state index in [4.69, 9.17) is 0 Å². The van der Waals surface area contributed by atoms with Gasteiger partial charge in [-0.05, 0) is 26.0 Å². The molecule has 0 aliphatic carbocycles. The van der Waals surface area contributed by atoms with Crippen molar-refractivity contribution in [2.24, 2.45) is 0 Å². The Balaban J connectivity index is 2.72. The van der Waals surface area contributed by atoms with E-state index in [2.05, 4.69) is 54.7 Å². The van der Waals surface area contributed by atoms with Crippen LogP contribution in [0.25, 0.3) is 0 Å². The van der Waals surface area contributed by atoms with E-state index < -0.39 is 0 Å². The highest BCUT2D eigenvalue weighted by atomic mass is 32.2. The van der Waals surface area contributed by atoms with Crippen molar-refractivity contribution in [1.82, 2.24) is 4.31 Å². The van der Waals surface area contributed by atoms with E-state index in [1.165, 1.54) is 4.90 Å². The first-order chi connectivity index (χ1) is 6.29. The zero-order valence-electron chi connectivity index (χ0n) is 8.66. The maximum absolute atomic E-state index is 2.48. The molecular weight excluding hydrogens is 178 g/mol. The molecule has 0 fully saturated rings. The van der Waals surface area contributed by atoms with Gasteiger partial charge in [0.25, 0.3) is 0 Å². The molecular formula is C11H18NS+. The second-order valence-electron chi connectivity index (χ2n) is 2.91. The molecule has 0 bridgehead atoms. The predicted molar refractivity (Wildman–Crippen MR) is 60.9 cm³/mol. The lowest BCUT2D eigenvalue weighted by atomic mass is 10.4. The third-order valence-corrected chi connectivity index (χ3v) is 4.42. The first kappa shape index (κ1) is 10.6. The fourth-order valence-electron chi connectivity index (χ4n) is 1.38. The van der Waals surface area contributed by atoms with E-state index in [9.17, 15) is 0 Å². The minimum absolute atomic E-state index is 0.262. The van der Waals surface area contributed by atoms with Gasteiger partial charge >= 0.3 is 0 Å². The van der Waals surface area contributed by atoms with Gasteiger partial charge in [0.1, 0.15) is 17.3 Å². The zero-order chi connectivity index (χ0) is 9.68. The summed E-state index contributed by atoms with van der Waals surface area (Å²) in [6.07, 6.45) is 2.29. The Morgan fingerprint density at radius 3 is 2.08 bits per heavy atom. The molecule has 0 saturated carbocycles. The SMILES string of the molecule is CCN(CC)[S+](C)c1ccccc1. The van der Waals surface area contributed by atoms with Gasteiger partial charge in [0.2, 0.25) is 0 Å². The molecule has 1 unspecified atom stereocenters. The third-order valence-electron chi connectivity index (χ3n) is 2.18. The number of benzene rings is 1. The average molecular weight is 196 g/mol. The minimum atomic E-state index is 0.262. The van der Waals surface area contributed by atoms with Crippen LogP contribution in [0.5, 0.6) is 0 Å². The molecule has 1 atom stereocenters. The molecule has 0 aromatic heterocycles. The molecule has 0 N–H and O–H groups in total. The van der Waals surface area contributed by atoms with E-state index in [-0.39, 0.29) is 11.1 Å². The van der Waals surface area contributed by atoms with Gasteiger partial charge in [-0.2, -0.15) is 0 Å². The van der Waals surface area contributed by atoms with Crippen molar-refractivity contribution >= 4 is 11.1 Å². The van der Waals surface area contributed by atoms with Gasteiger partial charge in [0, 0.05) is 13.1 Å². The molecule has 0 heterocycles. The van der Waals surface area contributed by atoms with Crippen LogP contribution in [0.2, 0.25) is 0 Å². The Hall–Kier alpha value is -0.470. The highest BCUT2D eigenvalue weighted by Crippen LogP contribution is 2.14. The van der Waals surface area contributed by atoms with Gasteiger partial charge < -0.3 is 0 Å². The Bertz CT molecular complexity index is 231. The van der Waals surface area contributed by atoms with Gasteiger partial charge in [-0.25, -0.2) is 0 Å². The summed E-state index contributed by atoms with van der Waals surface area (Å²) >= 11 is 0.262. The van der Waals surface area contributed by atoms with Gasteiger partial charge in [-0.1, -0.05) is 18.2 Å². The maximum Gasteiger partial charge on any atom is 0.175 e. The van der Waals surface area contributed by atoms with Crippen molar-refractivity contribution in [1.29, 1.82) is 0 Å². The predicted octanol–water partition coefficient (Wildman–Crippen LogP) is 2.55. The highest BCUT2D eigenvalue weighted by Gasteiger charge is 2.22. The largest absolute Gasteiger partial charge is 0.175 e. The van der Waals surface area contributed by atoms with E-state index in [1.54, 1.807) is 0 Å². The molecule has 0 aliphatic heterocycles. The molecule has 1 aromatic rings. The first-order valence-electron chi connectivity index (χ1n) is 4.75. The highest BCUT2D eigenvalue weighted by molar-refractivity contribution is 7.94. The van der Waals surface area contributed by atoms with Crippen molar-refractivity contribution in [3.8, 4) is 0 Å². The van der Waals surface area contributed by atoms with Gasteiger partial charge in [-0.15, -0.1) is 4.31 Å². The zero-order valence-corrected chi connectivity index (χ0v) is 9.47. The van der Waals surface area contributed by atoms with E-state index in [0.29, 0.717) is 0 Å². The summed E-state index contributed by atoms with van der Waals surface area (Å²) in [5.41, 5.74) is 0. The topological polar surface area (TPSA) is 3.24 Å². The van der Waals surface area contributed by atoms with Crippen LogP contribution in [-0.4, -0.2) is 23.7 Å². The van der Waals surface area contributed by atoms with Crippen LogP contribution in [0.3, 0.4) is 0 Å². The molecule has 1 nitrogen and oxygen atoms in total. The van der Waals surface area contributed by atoms with E-state index >= 15 is 0 Å². The minimum Gasteiger partial charge on any atom is -0.122 e. The smallest absolute Gasteiger partial charge is 0.122 e. The van der Waals surface area contributed by atoms with Crippen LogP contribution in [0.15, 0.2) is 35.2 Å². The molecule has 0 aliphatic rings. The number of hydrogen-bond acceptors (Lipinski definition) is 1. The summed E-state index contributed by atoms with van der Waals surface area (Å²) in [5, 5.41) is 0. The normalized spacial score (nSPS) is 13.2. The Morgan fingerprint density at radius 1 is 1.08 bits per heavy atom. The van der Waals surface area contributed by atoms with Crippen LogP contribution in [0, 0.1) is 0 Å². The Kier molecular flexibility index (Phi) is 4.33. The molecule has 0 radical (unpaired) electrons. The summed E-state index contributed by atoms with van der Waals surface area (Å²) in [6.45, 7) is 6.70. The van der Waals surface area contributed by atoms with Gasteiger partial charge in [-0.3, -0.25) is 0 Å². The van der Waals surface area contributed by atoms with E-state index in [0.717, 1.165) is 13.1 Å². The second kappa shape index (κ2) is 5.30. The molecule has 0 saturated heterocycles. The quantitative estimate of drug-likeness (QED) is 0.669. The monoisotopic (exact) mass is 196 g/mol. The first-order valence-corrected chi connectivity index (χ1v) is 6.34. The number of hydrogen-bond donors (Lipinski definition) is 0. The summed E-state index contributed by atoms with van der Waals surface area (Å²) < 4.78 is 2.48. The summed E-state index contributed by atoms with van der Waals surface area (Å²) in [6, 6.07) is 10.7. The van der Waals surface area contributed by atoms with Crippen LogP contribution in [0.4, 0.5) is 0 Å². The van der Waals surface area contributed by atoms with Crippen molar-refractivity contribution in [3.05, 3.63) is 30.3 Å². The molecule has 72 valence electrons. The fourth-order valence-corrected chi connectivity index (χ4v) is 3.00. The second-order valence-corrected chi connectivity index (χ2v) is 4.85. The molecule has 1 aromatic carbocycles. The summed E-state index contributed by atoms with van der Waals surface area (Å²) in [4.78, 5) is 1.44. The lowest BCUT2D eigenvalue weighted by Gasteiger charge is -2.15. The molecule has 1 rings (SSSR count). The molecule has 13 heavy (non-hydrogen) atoms. The number of nitrogens with zero attached hydrogens (tertiary/aromatic N) is 1. The summed E-state index contributed by atoms with van der Waals surface area (Å²) in [7, 11) is 0. The Labute approximate surface area is 84.2 Å². The standard InChI is InChI=1S/C11H18NS/c1-4-12(5-2)13(3)11-9-7-6-8-10-11/h6-10H,4-5H2,1-3H3/q+1. The van der Waals surface area contributed by atoms with Crippen molar-refractivity contribution in [2.45, 2.75) is 18.7 Å². The molecule has 0 spiro atoms. The maximum atomic E-state index is 2.48. The van der Waals surface area contributed by atoms with Crippen LogP contribution in [-0.2, 0) is 11.1 Å². The lowest BCUT2D eigenvalue weighted by molar-refractivity contribution is 0.515. The lowest BCUT2D eigenvalue weighted by Crippen LogP contribution is -2.29. The molecule has 2 heteroatoms. The van der Waals surface area contributed by atoms with Crippen LogP contribution < -0.4 is 0 Å².